The summed E-state index contributed by atoms with van der Waals surface area (Å²) in [6, 6.07) is -0.0487. The number of likely N-dealkylation sites (tertiary alicyclic amines) is 1. The van der Waals surface area contributed by atoms with Crippen molar-refractivity contribution in [2.24, 2.45) is 5.73 Å². The summed E-state index contributed by atoms with van der Waals surface area (Å²) >= 11 is 0. The summed E-state index contributed by atoms with van der Waals surface area (Å²) in [4.78, 5) is 14.1. The third-order valence-electron chi connectivity index (χ3n) is 4.33. The monoisotopic (exact) mass is 303 g/mol. The van der Waals surface area contributed by atoms with Gasteiger partial charge in [-0.3, -0.25) is 4.79 Å². The Balaban J connectivity index is 1.80. The Morgan fingerprint density at radius 3 is 2.35 bits per heavy atom. The van der Waals surface area contributed by atoms with Crippen LogP contribution in [-0.4, -0.2) is 50.2 Å². The van der Waals surface area contributed by atoms with Crippen LogP contribution in [0.2, 0.25) is 0 Å². The first-order valence-electron chi connectivity index (χ1n) is 7.31. The van der Waals surface area contributed by atoms with Crippen LogP contribution in [0.4, 0.5) is 0 Å². The first kappa shape index (κ1) is 15.7. The molecule has 0 spiro atoms. The highest BCUT2D eigenvalue weighted by molar-refractivity contribution is 7.88. The molecule has 2 fully saturated rings. The summed E-state index contributed by atoms with van der Waals surface area (Å²) in [6.45, 7) is 1.23. The Morgan fingerprint density at radius 2 is 1.85 bits per heavy atom. The van der Waals surface area contributed by atoms with Crippen molar-refractivity contribution >= 4 is 15.9 Å². The molecule has 0 aromatic carbocycles. The Kier molecular flexibility index (Phi) is 4.71. The van der Waals surface area contributed by atoms with Gasteiger partial charge in [0.1, 0.15) is 0 Å². The topological polar surface area (TPSA) is 92.5 Å². The van der Waals surface area contributed by atoms with Crippen LogP contribution in [0.15, 0.2) is 0 Å². The number of carbonyl (C=O) groups excluding carboxylic acids is 1. The number of amides is 1. The van der Waals surface area contributed by atoms with Crippen molar-refractivity contribution in [2.45, 2.75) is 56.5 Å². The van der Waals surface area contributed by atoms with E-state index in [1.54, 1.807) is 0 Å². The average molecular weight is 303 g/mol. The maximum absolute atomic E-state index is 12.3. The summed E-state index contributed by atoms with van der Waals surface area (Å²) in [5.74, 6) is 0.118. The van der Waals surface area contributed by atoms with Gasteiger partial charge in [-0.05, 0) is 25.7 Å². The van der Waals surface area contributed by atoms with Crippen LogP contribution in [-0.2, 0) is 14.8 Å². The molecule has 1 aliphatic carbocycles. The minimum atomic E-state index is -3.16. The molecule has 0 radical (unpaired) electrons. The molecule has 0 bridgehead atoms. The minimum Gasteiger partial charge on any atom is -0.343 e. The third-order valence-corrected chi connectivity index (χ3v) is 5.09. The number of sulfonamides is 1. The molecule has 0 atom stereocenters. The maximum atomic E-state index is 12.3. The van der Waals surface area contributed by atoms with E-state index >= 15 is 0 Å². The van der Waals surface area contributed by atoms with E-state index in [2.05, 4.69) is 4.72 Å². The SMILES string of the molecule is CS(=O)(=O)NC1CCN(C(=O)CC2(N)CCCC2)CC1. The number of nitrogens with zero attached hydrogens (tertiary/aromatic N) is 1. The van der Waals surface area contributed by atoms with Crippen molar-refractivity contribution in [1.29, 1.82) is 0 Å². The van der Waals surface area contributed by atoms with Gasteiger partial charge in [0.15, 0.2) is 0 Å². The van der Waals surface area contributed by atoms with E-state index in [1.807, 2.05) is 4.90 Å². The minimum absolute atomic E-state index is 0.0487. The third kappa shape index (κ3) is 4.43. The lowest BCUT2D eigenvalue weighted by atomic mass is 9.93. The van der Waals surface area contributed by atoms with Gasteiger partial charge in [0.05, 0.1) is 6.26 Å². The zero-order valence-electron chi connectivity index (χ0n) is 12.1. The maximum Gasteiger partial charge on any atom is 0.224 e. The van der Waals surface area contributed by atoms with Crippen LogP contribution in [0, 0.1) is 0 Å². The molecule has 116 valence electrons. The second kappa shape index (κ2) is 5.99. The second-order valence-corrected chi connectivity index (χ2v) is 8.07. The molecule has 2 aliphatic rings. The van der Waals surface area contributed by atoms with Crippen LogP contribution in [0.1, 0.15) is 44.9 Å². The molecule has 0 aromatic rings. The van der Waals surface area contributed by atoms with E-state index < -0.39 is 10.0 Å². The smallest absolute Gasteiger partial charge is 0.224 e. The largest absolute Gasteiger partial charge is 0.343 e. The van der Waals surface area contributed by atoms with Gasteiger partial charge in [-0.2, -0.15) is 0 Å². The number of piperidine rings is 1. The average Bonchev–Trinajstić information content (AvgIpc) is 2.74. The van der Waals surface area contributed by atoms with Crippen LogP contribution in [0.3, 0.4) is 0 Å². The van der Waals surface area contributed by atoms with Gasteiger partial charge < -0.3 is 10.6 Å². The zero-order chi connectivity index (χ0) is 14.8. The van der Waals surface area contributed by atoms with Crippen LogP contribution >= 0.6 is 0 Å². The summed E-state index contributed by atoms with van der Waals surface area (Å²) in [5, 5.41) is 0. The van der Waals surface area contributed by atoms with E-state index in [1.165, 1.54) is 6.26 Å². The Morgan fingerprint density at radius 1 is 1.30 bits per heavy atom. The predicted molar refractivity (Wildman–Crippen MR) is 77.6 cm³/mol. The summed E-state index contributed by atoms with van der Waals surface area (Å²) in [7, 11) is -3.16. The van der Waals surface area contributed by atoms with Crippen molar-refractivity contribution in [3.63, 3.8) is 0 Å². The van der Waals surface area contributed by atoms with Crippen LogP contribution in [0.5, 0.6) is 0 Å². The van der Waals surface area contributed by atoms with Gasteiger partial charge in [-0.25, -0.2) is 13.1 Å². The van der Waals surface area contributed by atoms with Crippen molar-refractivity contribution in [1.82, 2.24) is 9.62 Å². The number of nitrogens with one attached hydrogen (secondary N) is 1. The Bertz CT molecular complexity index is 449. The standard InChI is InChI=1S/C13H25N3O3S/c1-20(18,19)15-11-4-8-16(9-5-11)12(17)10-13(14)6-2-3-7-13/h11,15H,2-10,14H2,1H3. The molecule has 1 aliphatic heterocycles. The molecule has 1 saturated heterocycles. The van der Waals surface area contributed by atoms with Gasteiger partial charge in [-0.15, -0.1) is 0 Å². The fourth-order valence-electron chi connectivity index (χ4n) is 3.22. The molecular formula is C13H25N3O3S. The molecular weight excluding hydrogens is 278 g/mol. The second-order valence-electron chi connectivity index (χ2n) is 6.29. The van der Waals surface area contributed by atoms with Gasteiger partial charge in [0.25, 0.3) is 0 Å². The highest BCUT2D eigenvalue weighted by Crippen LogP contribution is 2.30. The molecule has 3 N–H and O–H groups in total. The highest BCUT2D eigenvalue weighted by Gasteiger charge is 2.34. The quantitative estimate of drug-likeness (QED) is 0.775. The summed E-state index contributed by atoms with van der Waals surface area (Å²) < 4.78 is 25.0. The van der Waals surface area contributed by atoms with Gasteiger partial charge in [0, 0.05) is 31.1 Å². The van der Waals surface area contributed by atoms with E-state index in [0.29, 0.717) is 32.4 Å². The predicted octanol–water partition coefficient (Wildman–Crippen LogP) is 0.188. The van der Waals surface area contributed by atoms with Crippen molar-refractivity contribution in [3.05, 3.63) is 0 Å². The molecule has 1 heterocycles. The number of rotatable bonds is 4. The van der Waals surface area contributed by atoms with E-state index in [0.717, 1.165) is 25.7 Å². The van der Waals surface area contributed by atoms with E-state index in [9.17, 15) is 13.2 Å². The fourth-order valence-corrected chi connectivity index (χ4v) is 4.06. The van der Waals surface area contributed by atoms with Gasteiger partial charge in [0.2, 0.25) is 15.9 Å². The number of carbonyl (C=O) groups is 1. The first-order valence-corrected chi connectivity index (χ1v) is 9.21. The van der Waals surface area contributed by atoms with E-state index in [-0.39, 0.29) is 17.5 Å². The summed E-state index contributed by atoms with van der Waals surface area (Å²) in [5.41, 5.74) is 5.93. The fraction of sp³-hybridized carbons (Fsp3) is 0.923. The highest BCUT2D eigenvalue weighted by atomic mass is 32.2. The lowest BCUT2D eigenvalue weighted by molar-refractivity contribution is -0.133. The summed E-state index contributed by atoms with van der Waals surface area (Å²) in [6.07, 6.45) is 7.05. The zero-order valence-corrected chi connectivity index (χ0v) is 12.9. The van der Waals surface area contributed by atoms with Crippen molar-refractivity contribution in [3.8, 4) is 0 Å². The number of hydrogen-bond donors (Lipinski definition) is 2. The van der Waals surface area contributed by atoms with Crippen LogP contribution in [0.25, 0.3) is 0 Å². The molecule has 1 amide bonds. The lowest BCUT2D eigenvalue weighted by Gasteiger charge is -2.34. The molecule has 20 heavy (non-hydrogen) atoms. The van der Waals surface area contributed by atoms with Crippen LogP contribution < -0.4 is 10.5 Å². The first-order chi connectivity index (χ1) is 9.27. The number of nitrogens with two attached hydrogens (primary N) is 1. The number of hydrogen-bond acceptors (Lipinski definition) is 4. The molecule has 1 saturated carbocycles. The van der Waals surface area contributed by atoms with Gasteiger partial charge in [-0.1, -0.05) is 12.8 Å². The van der Waals surface area contributed by atoms with Crippen molar-refractivity contribution < 1.29 is 13.2 Å². The van der Waals surface area contributed by atoms with Crippen molar-refractivity contribution in [2.75, 3.05) is 19.3 Å². The molecule has 2 rings (SSSR count). The Hall–Kier alpha value is -0.660. The van der Waals surface area contributed by atoms with E-state index in [4.69, 9.17) is 5.73 Å². The molecule has 0 unspecified atom stereocenters. The lowest BCUT2D eigenvalue weighted by Crippen LogP contribution is -2.49. The normalized spacial score (nSPS) is 24.0. The Labute approximate surface area is 121 Å². The molecule has 7 heteroatoms. The molecule has 6 nitrogen and oxygen atoms in total. The molecule has 0 aromatic heterocycles. The van der Waals surface area contributed by atoms with Gasteiger partial charge >= 0.3 is 0 Å².